The number of rotatable bonds is 6. The molecule has 1 aromatic heterocycles. The van der Waals surface area contributed by atoms with Gasteiger partial charge in [-0.15, -0.1) is 0 Å². The fourth-order valence-electron chi connectivity index (χ4n) is 2.64. The van der Waals surface area contributed by atoms with Gasteiger partial charge in [0, 0.05) is 24.0 Å². The number of nitrogens with zero attached hydrogens (tertiary/aromatic N) is 1. The van der Waals surface area contributed by atoms with E-state index in [9.17, 15) is 9.59 Å². The minimum absolute atomic E-state index is 0.00849. The van der Waals surface area contributed by atoms with Crippen LogP contribution in [-0.4, -0.2) is 16.7 Å². The Kier molecular flexibility index (Phi) is 5.61. The van der Waals surface area contributed by atoms with Crippen molar-refractivity contribution in [2.75, 3.05) is 10.6 Å². The summed E-state index contributed by atoms with van der Waals surface area (Å²) in [5.74, 6) is 0.452. The lowest BCUT2D eigenvalue weighted by atomic mass is 10.1. The molecule has 5 heteroatoms. The van der Waals surface area contributed by atoms with Crippen LogP contribution in [0.25, 0.3) is 0 Å². The maximum absolute atomic E-state index is 12.3. The highest BCUT2D eigenvalue weighted by Crippen LogP contribution is 2.13. The number of carbonyl (C=O) groups excluding carboxylic acids is 2. The van der Waals surface area contributed by atoms with Crippen molar-refractivity contribution < 1.29 is 9.59 Å². The molecule has 0 aliphatic carbocycles. The van der Waals surface area contributed by atoms with Gasteiger partial charge in [0.25, 0.3) is 5.91 Å². The normalized spacial score (nSPS) is 10.3. The number of ketones is 1. The standard InChI is InChI=1S/C22H21N3O2/c1-15-4-3-5-17(12-15)13-23-21-11-8-19(14-24-21)22(27)25-20-9-6-18(7-10-20)16(2)26/h3-12,14H,13H2,1-2H3,(H,23,24)(H,25,27). The molecule has 1 heterocycles. The molecule has 0 radical (unpaired) electrons. The van der Waals surface area contributed by atoms with Gasteiger partial charge >= 0.3 is 0 Å². The second-order valence-corrected chi connectivity index (χ2v) is 6.36. The SMILES string of the molecule is CC(=O)c1ccc(NC(=O)c2ccc(NCc3cccc(C)c3)nc2)cc1. The first-order valence-electron chi connectivity index (χ1n) is 8.69. The molecular formula is C22H21N3O2. The fraction of sp³-hybridized carbons (Fsp3) is 0.136. The van der Waals surface area contributed by atoms with E-state index >= 15 is 0 Å². The van der Waals surface area contributed by atoms with Crippen molar-refractivity contribution in [1.29, 1.82) is 0 Å². The predicted molar refractivity (Wildman–Crippen MR) is 107 cm³/mol. The van der Waals surface area contributed by atoms with Gasteiger partial charge in [0.2, 0.25) is 0 Å². The van der Waals surface area contributed by atoms with Crippen LogP contribution in [-0.2, 0) is 6.54 Å². The van der Waals surface area contributed by atoms with E-state index in [0.717, 1.165) is 0 Å². The molecule has 0 saturated carbocycles. The van der Waals surface area contributed by atoms with Gasteiger partial charge in [-0.3, -0.25) is 9.59 Å². The van der Waals surface area contributed by atoms with Crippen LogP contribution < -0.4 is 10.6 Å². The van der Waals surface area contributed by atoms with Crippen LogP contribution in [0.4, 0.5) is 11.5 Å². The van der Waals surface area contributed by atoms with Gasteiger partial charge in [0.05, 0.1) is 5.56 Å². The molecule has 0 saturated heterocycles. The molecule has 0 unspecified atom stereocenters. The molecule has 3 rings (SSSR count). The van der Waals surface area contributed by atoms with Gasteiger partial charge in [-0.2, -0.15) is 0 Å². The van der Waals surface area contributed by atoms with Crippen LogP contribution in [0.3, 0.4) is 0 Å². The highest BCUT2D eigenvalue weighted by atomic mass is 16.1. The summed E-state index contributed by atoms with van der Waals surface area (Å²) in [5, 5.41) is 6.04. The number of Topliss-reactive ketones (excluding diaryl/α,β-unsaturated/α-hetero) is 1. The molecule has 27 heavy (non-hydrogen) atoms. The Labute approximate surface area is 158 Å². The van der Waals surface area contributed by atoms with Crippen LogP contribution in [0.2, 0.25) is 0 Å². The van der Waals surface area contributed by atoms with Crippen LogP contribution >= 0.6 is 0 Å². The highest BCUT2D eigenvalue weighted by Gasteiger charge is 2.07. The van der Waals surface area contributed by atoms with Gasteiger partial charge in [-0.25, -0.2) is 4.98 Å². The van der Waals surface area contributed by atoms with Crippen molar-refractivity contribution in [1.82, 2.24) is 4.98 Å². The molecule has 3 aromatic rings. The monoisotopic (exact) mass is 359 g/mol. The molecular weight excluding hydrogens is 338 g/mol. The van der Waals surface area contributed by atoms with E-state index in [2.05, 4.69) is 40.7 Å². The number of amides is 1. The first kappa shape index (κ1) is 18.3. The van der Waals surface area contributed by atoms with Crippen LogP contribution in [0, 0.1) is 6.92 Å². The van der Waals surface area contributed by atoms with Crippen LogP contribution in [0.1, 0.15) is 38.8 Å². The number of carbonyl (C=O) groups is 2. The minimum atomic E-state index is -0.247. The summed E-state index contributed by atoms with van der Waals surface area (Å²) >= 11 is 0. The molecule has 0 atom stereocenters. The molecule has 0 spiro atoms. The van der Waals surface area contributed by atoms with E-state index in [1.54, 1.807) is 36.4 Å². The summed E-state index contributed by atoms with van der Waals surface area (Å²) in [4.78, 5) is 27.9. The summed E-state index contributed by atoms with van der Waals surface area (Å²) in [6, 6.07) is 18.6. The molecule has 0 fully saturated rings. The van der Waals surface area contributed by atoms with Gasteiger partial charge in [0.1, 0.15) is 5.82 Å². The van der Waals surface area contributed by atoms with Crippen molar-refractivity contribution in [3.8, 4) is 0 Å². The van der Waals surface area contributed by atoms with E-state index in [-0.39, 0.29) is 11.7 Å². The fourth-order valence-corrected chi connectivity index (χ4v) is 2.64. The number of benzene rings is 2. The molecule has 0 aliphatic rings. The van der Waals surface area contributed by atoms with Crippen molar-refractivity contribution in [3.05, 3.63) is 89.1 Å². The first-order valence-corrected chi connectivity index (χ1v) is 8.69. The molecule has 2 N–H and O–H groups in total. The molecule has 1 amide bonds. The number of aryl methyl sites for hydroxylation is 1. The summed E-state index contributed by atoms with van der Waals surface area (Å²) in [5.41, 5.74) is 4.09. The second-order valence-electron chi connectivity index (χ2n) is 6.36. The lowest BCUT2D eigenvalue weighted by Crippen LogP contribution is -2.12. The smallest absolute Gasteiger partial charge is 0.257 e. The van der Waals surface area contributed by atoms with E-state index < -0.39 is 0 Å². The van der Waals surface area contributed by atoms with Crippen LogP contribution in [0.5, 0.6) is 0 Å². The van der Waals surface area contributed by atoms with E-state index in [1.807, 2.05) is 6.07 Å². The number of hydrogen-bond donors (Lipinski definition) is 2. The van der Waals surface area contributed by atoms with Gasteiger partial charge in [-0.05, 0) is 55.8 Å². The van der Waals surface area contributed by atoms with E-state index in [4.69, 9.17) is 0 Å². The third-order valence-electron chi connectivity index (χ3n) is 4.13. The third kappa shape index (κ3) is 5.01. The van der Waals surface area contributed by atoms with Crippen molar-refractivity contribution >= 4 is 23.2 Å². The zero-order valence-corrected chi connectivity index (χ0v) is 15.3. The van der Waals surface area contributed by atoms with Crippen molar-refractivity contribution in [2.45, 2.75) is 20.4 Å². The summed E-state index contributed by atoms with van der Waals surface area (Å²) in [6.45, 7) is 4.24. The zero-order chi connectivity index (χ0) is 19.2. The van der Waals surface area contributed by atoms with Gasteiger partial charge < -0.3 is 10.6 Å². The summed E-state index contributed by atoms with van der Waals surface area (Å²) in [7, 11) is 0. The van der Waals surface area contributed by atoms with Crippen molar-refractivity contribution in [3.63, 3.8) is 0 Å². The Morgan fingerprint density at radius 3 is 2.33 bits per heavy atom. The molecule has 0 aliphatic heterocycles. The molecule has 0 bridgehead atoms. The quantitative estimate of drug-likeness (QED) is 0.638. The van der Waals surface area contributed by atoms with Gasteiger partial charge in [-0.1, -0.05) is 29.8 Å². The number of hydrogen-bond acceptors (Lipinski definition) is 4. The maximum atomic E-state index is 12.3. The van der Waals surface area contributed by atoms with Crippen molar-refractivity contribution in [2.24, 2.45) is 0 Å². The Morgan fingerprint density at radius 2 is 1.70 bits per heavy atom. The van der Waals surface area contributed by atoms with E-state index in [1.165, 1.54) is 24.2 Å². The Morgan fingerprint density at radius 1 is 0.963 bits per heavy atom. The number of nitrogens with one attached hydrogen (secondary N) is 2. The predicted octanol–water partition coefficient (Wildman–Crippen LogP) is 4.46. The first-order chi connectivity index (χ1) is 13.0. The lowest BCUT2D eigenvalue weighted by molar-refractivity contribution is 0.101. The second kappa shape index (κ2) is 8.27. The highest BCUT2D eigenvalue weighted by molar-refractivity contribution is 6.04. The molecule has 136 valence electrons. The summed E-state index contributed by atoms with van der Waals surface area (Å²) < 4.78 is 0. The van der Waals surface area contributed by atoms with Gasteiger partial charge in [0.15, 0.2) is 5.78 Å². The molecule has 5 nitrogen and oxygen atoms in total. The van der Waals surface area contributed by atoms with E-state index in [0.29, 0.717) is 29.2 Å². The third-order valence-corrected chi connectivity index (χ3v) is 4.13. The molecule has 2 aromatic carbocycles. The lowest BCUT2D eigenvalue weighted by Gasteiger charge is -2.08. The average molecular weight is 359 g/mol. The topological polar surface area (TPSA) is 71.1 Å². The Bertz CT molecular complexity index is 948. The largest absolute Gasteiger partial charge is 0.366 e. The Hall–Kier alpha value is -3.47. The minimum Gasteiger partial charge on any atom is -0.366 e. The zero-order valence-electron chi connectivity index (χ0n) is 15.3. The average Bonchev–Trinajstić information content (AvgIpc) is 2.67. The van der Waals surface area contributed by atoms with Crippen LogP contribution in [0.15, 0.2) is 66.9 Å². The maximum Gasteiger partial charge on any atom is 0.257 e. The number of aromatic nitrogens is 1. The summed E-state index contributed by atoms with van der Waals surface area (Å²) in [6.07, 6.45) is 1.54. The number of pyridine rings is 1. The number of anilines is 2. The Balaban J connectivity index is 1.59.